The van der Waals surface area contributed by atoms with Crippen LogP contribution in [-0.4, -0.2) is 17.1 Å². The van der Waals surface area contributed by atoms with E-state index in [0.717, 1.165) is 6.07 Å². The van der Waals surface area contributed by atoms with E-state index in [9.17, 15) is 14.0 Å². The molecule has 1 aromatic carbocycles. The number of ether oxygens (including phenoxy) is 1. The molecule has 1 aromatic heterocycles. The normalized spacial score (nSPS) is 10.2. The Morgan fingerprint density at radius 1 is 1.30 bits per heavy atom. The third-order valence-electron chi connectivity index (χ3n) is 2.70. The van der Waals surface area contributed by atoms with Crippen LogP contribution in [0.1, 0.15) is 10.4 Å². The lowest BCUT2D eigenvalue weighted by Gasteiger charge is -2.07. The van der Waals surface area contributed by atoms with E-state index in [0.29, 0.717) is 0 Å². The van der Waals surface area contributed by atoms with Crippen LogP contribution in [0.4, 0.5) is 10.1 Å². The molecule has 0 aliphatic carbocycles. The molecule has 0 amide bonds. The summed E-state index contributed by atoms with van der Waals surface area (Å²) in [6.45, 7) is 0.262. The molecule has 0 bridgehead atoms. The number of aromatic nitrogens is 1. The molecular weight excluding hydrogens is 263 g/mol. The second kappa shape index (κ2) is 6.01. The Kier molecular flexibility index (Phi) is 4.14. The fourth-order valence-electron chi connectivity index (χ4n) is 1.62. The van der Waals surface area contributed by atoms with Gasteiger partial charge in [0.05, 0.1) is 17.8 Å². The van der Waals surface area contributed by atoms with E-state index in [1.807, 2.05) is 0 Å². The molecule has 0 fully saturated rings. The molecule has 104 valence electrons. The highest BCUT2D eigenvalue weighted by molar-refractivity contribution is 5.89. The molecule has 0 saturated heterocycles. The highest BCUT2D eigenvalue weighted by atomic mass is 19.1. The number of halogens is 1. The van der Waals surface area contributed by atoms with Crippen LogP contribution in [0.15, 0.2) is 47.4 Å². The Hall–Kier alpha value is -2.63. The van der Waals surface area contributed by atoms with Crippen molar-refractivity contribution in [1.29, 1.82) is 0 Å². The van der Waals surface area contributed by atoms with Gasteiger partial charge in [0.2, 0.25) is 0 Å². The zero-order valence-corrected chi connectivity index (χ0v) is 10.6. The van der Waals surface area contributed by atoms with Crippen molar-refractivity contribution >= 4 is 11.7 Å². The minimum absolute atomic E-state index is 0.0226. The molecule has 0 atom stereocenters. The van der Waals surface area contributed by atoms with Gasteiger partial charge in [0, 0.05) is 12.3 Å². The van der Waals surface area contributed by atoms with Crippen LogP contribution in [-0.2, 0) is 11.3 Å². The Morgan fingerprint density at radius 2 is 2.10 bits per heavy atom. The highest BCUT2D eigenvalue weighted by Gasteiger charge is 2.09. The first kappa shape index (κ1) is 13.8. The van der Waals surface area contributed by atoms with E-state index >= 15 is 0 Å². The monoisotopic (exact) mass is 276 g/mol. The van der Waals surface area contributed by atoms with Gasteiger partial charge in [0.25, 0.3) is 5.56 Å². The predicted molar refractivity (Wildman–Crippen MR) is 71.8 cm³/mol. The van der Waals surface area contributed by atoms with Gasteiger partial charge in [0.1, 0.15) is 12.4 Å². The van der Waals surface area contributed by atoms with Crippen LogP contribution in [0.5, 0.6) is 0 Å². The Bertz CT molecular complexity index is 682. The SMILES string of the molecule is Nc1ccc(C(=O)OCCn2ccccc2=O)cc1F. The number of rotatable bonds is 4. The van der Waals surface area contributed by atoms with Gasteiger partial charge in [-0.05, 0) is 24.3 Å². The van der Waals surface area contributed by atoms with Crippen LogP contribution < -0.4 is 11.3 Å². The van der Waals surface area contributed by atoms with E-state index in [1.165, 1.54) is 22.8 Å². The lowest BCUT2D eigenvalue weighted by Crippen LogP contribution is -2.21. The minimum Gasteiger partial charge on any atom is -0.460 e. The van der Waals surface area contributed by atoms with Gasteiger partial charge in [-0.2, -0.15) is 0 Å². The van der Waals surface area contributed by atoms with Crippen LogP contribution in [0, 0.1) is 5.82 Å². The molecule has 0 aliphatic heterocycles. The summed E-state index contributed by atoms with van der Waals surface area (Å²) in [7, 11) is 0. The number of carbonyl (C=O) groups excluding carboxylic acids is 1. The van der Waals surface area contributed by atoms with Gasteiger partial charge in [-0.25, -0.2) is 9.18 Å². The molecule has 0 spiro atoms. The van der Waals surface area contributed by atoms with Crippen LogP contribution in [0.25, 0.3) is 0 Å². The largest absolute Gasteiger partial charge is 0.460 e. The molecule has 20 heavy (non-hydrogen) atoms. The van der Waals surface area contributed by atoms with Gasteiger partial charge >= 0.3 is 5.97 Å². The van der Waals surface area contributed by atoms with Crippen LogP contribution in [0.2, 0.25) is 0 Å². The number of anilines is 1. The number of esters is 1. The molecule has 6 heteroatoms. The van der Waals surface area contributed by atoms with Crippen molar-refractivity contribution in [2.24, 2.45) is 0 Å². The fraction of sp³-hybridized carbons (Fsp3) is 0.143. The summed E-state index contributed by atoms with van der Waals surface area (Å²) in [4.78, 5) is 23.1. The number of hydrogen-bond donors (Lipinski definition) is 1. The first-order valence-electron chi connectivity index (χ1n) is 5.95. The van der Waals surface area contributed by atoms with Crippen molar-refractivity contribution in [3.05, 3.63) is 64.3 Å². The smallest absolute Gasteiger partial charge is 0.338 e. The van der Waals surface area contributed by atoms with Gasteiger partial charge < -0.3 is 15.0 Å². The first-order valence-corrected chi connectivity index (χ1v) is 5.95. The standard InChI is InChI=1S/C14H13FN2O3/c15-11-9-10(4-5-12(11)16)14(19)20-8-7-17-6-2-1-3-13(17)18/h1-6,9H,7-8,16H2. The maximum absolute atomic E-state index is 13.2. The molecule has 0 radical (unpaired) electrons. The Morgan fingerprint density at radius 3 is 2.80 bits per heavy atom. The second-order valence-electron chi connectivity index (χ2n) is 4.10. The quantitative estimate of drug-likeness (QED) is 0.677. The number of nitrogens with zero attached hydrogens (tertiary/aromatic N) is 1. The fourth-order valence-corrected chi connectivity index (χ4v) is 1.62. The zero-order valence-electron chi connectivity index (χ0n) is 10.6. The van der Waals surface area contributed by atoms with Crippen molar-refractivity contribution < 1.29 is 13.9 Å². The second-order valence-corrected chi connectivity index (χ2v) is 4.10. The highest BCUT2D eigenvalue weighted by Crippen LogP contribution is 2.12. The molecule has 2 N–H and O–H groups in total. The van der Waals surface area contributed by atoms with E-state index in [2.05, 4.69) is 0 Å². The number of carbonyl (C=O) groups is 1. The number of pyridine rings is 1. The van der Waals surface area contributed by atoms with Crippen molar-refractivity contribution in [3.8, 4) is 0 Å². The van der Waals surface area contributed by atoms with E-state index in [4.69, 9.17) is 10.5 Å². The van der Waals surface area contributed by atoms with Gasteiger partial charge in [0.15, 0.2) is 0 Å². The van der Waals surface area contributed by atoms with E-state index < -0.39 is 11.8 Å². The van der Waals surface area contributed by atoms with E-state index in [1.54, 1.807) is 18.3 Å². The molecule has 5 nitrogen and oxygen atoms in total. The van der Waals surface area contributed by atoms with Crippen LogP contribution >= 0.6 is 0 Å². The van der Waals surface area contributed by atoms with Gasteiger partial charge in [-0.1, -0.05) is 6.07 Å². The van der Waals surface area contributed by atoms with Gasteiger partial charge in [-0.15, -0.1) is 0 Å². The Labute approximate surface area is 114 Å². The average Bonchev–Trinajstić information content (AvgIpc) is 2.44. The summed E-state index contributed by atoms with van der Waals surface area (Å²) >= 11 is 0. The molecular formula is C14H13FN2O3. The van der Waals surface area contributed by atoms with Crippen LogP contribution in [0.3, 0.4) is 0 Å². The zero-order chi connectivity index (χ0) is 14.5. The van der Waals surface area contributed by atoms with E-state index in [-0.39, 0.29) is 30.0 Å². The molecule has 0 aliphatic rings. The van der Waals surface area contributed by atoms with Crippen molar-refractivity contribution in [3.63, 3.8) is 0 Å². The topological polar surface area (TPSA) is 74.3 Å². The molecule has 2 rings (SSSR count). The lowest BCUT2D eigenvalue weighted by molar-refractivity contribution is 0.0490. The van der Waals surface area contributed by atoms with Crippen molar-refractivity contribution in [1.82, 2.24) is 4.57 Å². The minimum atomic E-state index is -0.668. The average molecular weight is 276 g/mol. The molecule has 2 aromatic rings. The lowest BCUT2D eigenvalue weighted by atomic mass is 10.2. The first-order chi connectivity index (χ1) is 9.58. The number of nitrogen functional groups attached to an aromatic ring is 1. The molecule has 1 heterocycles. The summed E-state index contributed by atoms with van der Waals surface area (Å²) in [6.07, 6.45) is 1.60. The summed E-state index contributed by atoms with van der Waals surface area (Å²) in [5, 5.41) is 0. The summed E-state index contributed by atoms with van der Waals surface area (Å²) in [5.41, 5.74) is 5.19. The third-order valence-corrected chi connectivity index (χ3v) is 2.70. The maximum Gasteiger partial charge on any atom is 0.338 e. The van der Waals surface area contributed by atoms with Crippen molar-refractivity contribution in [2.75, 3.05) is 12.3 Å². The number of hydrogen-bond acceptors (Lipinski definition) is 4. The third kappa shape index (κ3) is 3.23. The number of nitrogens with two attached hydrogens (primary N) is 1. The maximum atomic E-state index is 13.2. The number of benzene rings is 1. The summed E-state index contributed by atoms with van der Waals surface area (Å²) < 4.78 is 19.6. The van der Waals surface area contributed by atoms with Crippen molar-refractivity contribution in [2.45, 2.75) is 6.54 Å². The predicted octanol–water partition coefficient (Wildman–Crippen LogP) is 1.43. The summed E-state index contributed by atoms with van der Waals surface area (Å²) in [5.74, 6) is -1.33. The molecule has 0 saturated carbocycles. The van der Waals surface area contributed by atoms with Gasteiger partial charge in [-0.3, -0.25) is 4.79 Å². The Balaban J connectivity index is 1.94. The summed E-state index contributed by atoms with van der Waals surface area (Å²) in [6, 6.07) is 8.45. The molecule has 0 unspecified atom stereocenters.